The van der Waals surface area contributed by atoms with Gasteiger partial charge in [0.2, 0.25) is 12.2 Å². The molecule has 0 aliphatic rings. The Hall–Kier alpha value is -2.95. The Labute approximate surface area is 213 Å². The number of hydrogen-bond acceptors (Lipinski definition) is 11. The summed E-state index contributed by atoms with van der Waals surface area (Å²) in [4.78, 5) is 42.5. The molecule has 1 aromatic heterocycles. The Morgan fingerprint density at radius 3 is 2.59 bits per heavy atom. The van der Waals surface area contributed by atoms with Gasteiger partial charge >= 0.3 is 25.4 Å². The molecule has 0 bridgehead atoms. The van der Waals surface area contributed by atoms with Gasteiger partial charge in [-0.15, -0.1) is 4.99 Å². The molecule has 0 saturated carbocycles. The van der Waals surface area contributed by atoms with Crippen LogP contribution in [0.25, 0.3) is 0 Å². The van der Waals surface area contributed by atoms with Crippen molar-refractivity contribution in [3.63, 3.8) is 0 Å². The number of guanidine groups is 1. The number of esters is 1. The molecule has 0 amide bonds. The van der Waals surface area contributed by atoms with E-state index >= 15 is 0 Å². The zero-order valence-corrected chi connectivity index (χ0v) is 22.7. The van der Waals surface area contributed by atoms with Gasteiger partial charge in [-0.1, -0.05) is 12.7 Å². The van der Waals surface area contributed by atoms with Crippen LogP contribution in [-0.2, 0) is 44.4 Å². The van der Waals surface area contributed by atoms with Crippen LogP contribution in [-0.4, -0.2) is 70.5 Å². The molecule has 1 rings (SSSR count). The summed E-state index contributed by atoms with van der Waals surface area (Å²) in [7, 11) is 1.73. The minimum Gasteiger partial charge on any atom is -0.550 e. The van der Waals surface area contributed by atoms with Crippen molar-refractivity contribution < 1.29 is 53.9 Å². The molecule has 1 unspecified atom stereocenters. The number of carbonyl (C=O) groups excluding carboxylic acids is 3. The number of ether oxygens (including phenoxy) is 1. The summed E-state index contributed by atoms with van der Waals surface area (Å²) in [5, 5.41) is 44.2. The first-order valence-electron chi connectivity index (χ1n) is 9.44. The Morgan fingerprint density at radius 2 is 2.12 bits per heavy atom. The molecule has 0 aliphatic carbocycles. The molecule has 34 heavy (non-hydrogen) atoms. The summed E-state index contributed by atoms with van der Waals surface area (Å²) < 4.78 is 4.40. The van der Waals surface area contributed by atoms with Gasteiger partial charge in [-0.05, 0) is 6.92 Å². The summed E-state index contributed by atoms with van der Waals surface area (Å²) in [5.41, 5.74) is -0.612. The van der Waals surface area contributed by atoms with Crippen LogP contribution in [0.1, 0.15) is 24.2 Å². The van der Waals surface area contributed by atoms with Crippen LogP contribution in [0.5, 0.6) is 0 Å². The summed E-state index contributed by atoms with van der Waals surface area (Å²) >= 11 is 1.79. The van der Waals surface area contributed by atoms with E-state index in [0.29, 0.717) is 5.96 Å². The molecule has 0 radical (unpaired) electrons. The zero-order valence-electron chi connectivity index (χ0n) is 19.0. The molecule has 1 atom stereocenters. The van der Waals surface area contributed by atoms with Crippen molar-refractivity contribution in [2.45, 2.75) is 31.1 Å². The number of H-pyrrole nitrogens is 1. The molecule has 0 spiro atoms. The second-order valence-corrected chi connectivity index (χ2v) is 7.39. The van der Waals surface area contributed by atoms with Crippen molar-refractivity contribution in [3.05, 3.63) is 30.4 Å². The number of imidazole rings is 1. The van der Waals surface area contributed by atoms with Crippen LogP contribution < -0.4 is 20.8 Å². The Morgan fingerprint density at radius 1 is 1.44 bits per heavy atom. The van der Waals surface area contributed by atoms with Crippen molar-refractivity contribution in [3.8, 4) is 6.19 Å². The SMILES string of the molecule is C=CCOC(=O)CC(O)(CC(=O)[O-])C(=O)[O-].CN/C(=N/C#N)NCCSCc1nc[nH]c1C.[Zn+2]. The number of rotatable bonds is 12. The van der Waals surface area contributed by atoms with Crippen LogP contribution >= 0.6 is 11.8 Å². The number of aliphatic imine (C=N–C) groups is 1. The molecule has 13 nitrogen and oxygen atoms in total. The molecule has 182 valence electrons. The fourth-order valence-corrected chi connectivity index (χ4v) is 2.94. The molecule has 15 heteroatoms. The second kappa shape index (κ2) is 18.5. The van der Waals surface area contributed by atoms with E-state index in [1.807, 2.05) is 6.92 Å². The van der Waals surface area contributed by atoms with Gasteiger partial charge < -0.3 is 45.3 Å². The van der Waals surface area contributed by atoms with E-state index in [9.17, 15) is 29.7 Å². The molecular formula is C19H26N6O7SZn. The van der Waals surface area contributed by atoms with Crippen LogP contribution in [0.15, 0.2) is 24.0 Å². The average Bonchev–Trinajstić information content (AvgIpc) is 3.15. The number of nitriles is 1. The number of aliphatic hydroxyl groups is 1. The van der Waals surface area contributed by atoms with Gasteiger partial charge in [0, 0.05) is 43.2 Å². The Kier molecular flexibility index (Phi) is 18.1. The smallest absolute Gasteiger partial charge is 0.550 e. The van der Waals surface area contributed by atoms with E-state index in [0.717, 1.165) is 29.4 Å². The number of aromatic amines is 1. The normalized spacial score (nSPS) is 11.9. The fraction of sp³-hybridized carbons (Fsp3) is 0.474. The number of aryl methyl sites for hydroxylation is 1. The topological polar surface area (TPSA) is 216 Å². The van der Waals surface area contributed by atoms with Crippen molar-refractivity contribution in [1.29, 1.82) is 5.26 Å². The minimum absolute atomic E-state index is 0. The Bertz CT molecular complexity index is 874. The number of carbonyl (C=O) groups is 3. The number of carboxylic acid groups (broad SMARTS) is 2. The zero-order chi connectivity index (χ0) is 25.3. The molecule has 0 saturated heterocycles. The molecule has 1 heterocycles. The van der Waals surface area contributed by atoms with Crippen molar-refractivity contribution in [2.75, 3.05) is 26.0 Å². The maximum absolute atomic E-state index is 11.0. The number of nitrogens with zero attached hydrogens (tertiary/aromatic N) is 3. The first-order chi connectivity index (χ1) is 15.6. The summed E-state index contributed by atoms with van der Waals surface area (Å²) in [6.07, 6.45) is 2.39. The summed E-state index contributed by atoms with van der Waals surface area (Å²) in [6, 6.07) is 0. The van der Waals surface area contributed by atoms with Crippen molar-refractivity contribution >= 4 is 35.6 Å². The number of carboxylic acids is 2. The maximum Gasteiger partial charge on any atom is 2.00 e. The van der Waals surface area contributed by atoms with Gasteiger partial charge in [0.25, 0.3) is 0 Å². The molecule has 1 aromatic rings. The average molecular weight is 548 g/mol. The third kappa shape index (κ3) is 14.3. The van der Waals surface area contributed by atoms with Gasteiger partial charge in [0.05, 0.1) is 24.4 Å². The van der Waals surface area contributed by atoms with E-state index < -0.39 is 36.4 Å². The number of nitrogens with one attached hydrogen (secondary N) is 3. The summed E-state index contributed by atoms with van der Waals surface area (Å²) in [6.45, 7) is 5.84. The van der Waals surface area contributed by atoms with Crippen molar-refractivity contribution in [1.82, 2.24) is 20.6 Å². The standard InChI is InChI=1S/C10H16N6S.C9H12O7.Zn/c1-8-9(16-7-15-8)5-17-4-3-13-10(12-2)14-6-11;1-2-3-16-7(12)5-9(15,8(13)14)4-6(10)11;/h7H,3-5H2,1-2H3,(H,15,16)(H2,12,13,14);2,15H,1,3-5H2,(H,10,11)(H,13,14);/q;;+2/p-2. The second-order valence-electron chi connectivity index (χ2n) is 6.28. The summed E-state index contributed by atoms with van der Waals surface area (Å²) in [5.74, 6) is -2.65. The quantitative estimate of drug-likeness (QED) is 0.0400. The van der Waals surface area contributed by atoms with E-state index in [-0.39, 0.29) is 26.1 Å². The maximum atomic E-state index is 11.0. The van der Waals surface area contributed by atoms with E-state index in [1.54, 1.807) is 31.3 Å². The van der Waals surface area contributed by atoms with Crippen LogP contribution in [0.4, 0.5) is 0 Å². The van der Waals surface area contributed by atoms with Gasteiger partial charge in [-0.3, -0.25) is 4.79 Å². The third-order valence-corrected chi connectivity index (χ3v) is 4.70. The monoisotopic (exact) mass is 546 g/mol. The number of thioether (sulfide) groups is 1. The predicted molar refractivity (Wildman–Crippen MR) is 115 cm³/mol. The predicted octanol–water partition coefficient (Wildman–Crippen LogP) is -2.68. The fourth-order valence-electron chi connectivity index (χ4n) is 2.06. The molecule has 0 fully saturated rings. The van der Waals surface area contributed by atoms with Gasteiger partial charge in [-0.2, -0.15) is 17.0 Å². The number of aromatic nitrogens is 2. The van der Waals surface area contributed by atoms with E-state index in [2.05, 4.69) is 36.9 Å². The minimum atomic E-state index is -2.82. The van der Waals surface area contributed by atoms with Gasteiger partial charge in [-0.25, -0.2) is 4.98 Å². The largest absolute Gasteiger partial charge is 2.00 e. The first-order valence-corrected chi connectivity index (χ1v) is 10.6. The van der Waals surface area contributed by atoms with E-state index in [4.69, 9.17) is 5.26 Å². The Balaban J connectivity index is 0. The molecule has 0 aliphatic heterocycles. The number of aliphatic carboxylic acids is 2. The van der Waals surface area contributed by atoms with Crippen LogP contribution in [0.3, 0.4) is 0 Å². The molecule has 0 aromatic carbocycles. The third-order valence-electron chi connectivity index (χ3n) is 3.73. The first kappa shape index (κ1) is 33.2. The van der Waals surface area contributed by atoms with Gasteiger partial charge in [0.15, 0.2) is 0 Å². The van der Waals surface area contributed by atoms with Crippen LogP contribution in [0.2, 0.25) is 0 Å². The van der Waals surface area contributed by atoms with Crippen molar-refractivity contribution in [2.24, 2.45) is 4.99 Å². The van der Waals surface area contributed by atoms with Gasteiger partial charge in [0.1, 0.15) is 12.2 Å². The molecule has 4 N–H and O–H groups in total. The van der Waals surface area contributed by atoms with Crippen LogP contribution in [0, 0.1) is 18.4 Å². The number of hydrogen-bond donors (Lipinski definition) is 4. The molecular weight excluding hydrogens is 522 g/mol. The van der Waals surface area contributed by atoms with E-state index in [1.165, 1.54) is 6.08 Å².